The van der Waals surface area contributed by atoms with Crippen molar-refractivity contribution in [1.82, 2.24) is 19.4 Å². The van der Waals surface area contributed by atoms with Crippen LogP contribution in [0.2, 0.25) is 0 Å². The third-order valence-corrected chi connectivity index (χ3v) is 4.10. The number of nitriles is 1. The highest BCUT2D eigenvalue weighted by Crippen LogP contribution is 2.22. The molecule has 0 amide bonds. The van der Waals surface area contributed by atoms with Gasteiger partial charge in [0, 0.05) is 39.3 Å². The predicted octanol–water partition coefficient (Wildman–Crippen LogP) is 1.32. The topological polar surface area (TPSA) is 48.1 Å². The molecule has 19 heavy (non-hydrogen) atoms. The Morgan fingerprint density at radius 1 is 1.21 bits per heavy atom. The molecule has 1 unspecified atom stereocenters. The molecule has 2 heterocycles. The highest BCUT2D eigenvalue weighted by atomic mass is 15.3. The van der Waals surface area contributed by atoms with Gasteiger partial charge in [0.2, 0.25) is 0 Å². The summed E-state index contributed by atoms with van der Waals surface area (Å²) in [5.41, 5.74) is 0.998. The van der Waals surface area contributed by atoms with Crippen molar-refractivity contribution in [2.45, 2.75) is 32.9 Å². The maximum Gasteiger partial charge on any atom is 0.140 e. The summed E-state index contributed by atoms with van der Waals surface area (Å²) in [6, 6.07) is 2.84. The summed E-state index contributed by atoms with van der Waals surface area (Å²) in [4.78, 5) is 9.01. The molecule has 5 heteroatoms. The van der Waals surface area contributed by atoms with Crippen LogP contribution in [0.5, 0.6) is 0 Å². The van der Waals surface area contributed by atoms with Crippen molar-refractivity contribution in [1.29, 1.82) is 5.26 Å². The van der Waals surface area contributed by atoms with E-state index in [1.165, 1.54) is 0 Å². The van der Waals surface area contributed by atoms with E-state index in [0.29, 0.717) is 6.04 Å². The Morgan fingerprint density at radius 2 is 1.79 bits per heavy atom. The quantitative estimate of drug-likeness (QED) is 0.823. The van der Waals surface area contributed by atoms with Crippen molar-refractivity contribution >= 4 is 0 Å². The fourth-order valence-corrected chi connectivity index (χ4v) is 2.62. The lowest BCUT2D eigenvalue weighted by Gasteiger charge is -2.38. The van der Waals surface area contributed by atoms with Gasteiger partial charge in [0.25, 0.3) is 0 Å². The number of hydrogen-bond acceptors (Lipinski definition) is 4. The molecule has 2 rings (SSSR count). The van der Waals surface area contributed by atoms with E-state index in [-0.39, 0.29) is 6.04 Å². The van der Waals surface area contributed by atoms with E-state index in [1.54, 1.807) is 0 Å². The minimum Gasteiger partial charge on any atom is -0.333 e. The monoisotopic (exact) mass is 261 g/mol. The third-order valence-electron chi connectivity index (χ3n) is 4.10. The van der Waals surface area contributed by atoms with Gasteiger partial charge in [-0.25, -0.2) is 4.98 Å². The molecule has 1 aromatic heterocycles. The van der Waals surface area contributed by atoms with Gasteiger partial charge in [0.05, 0.1) is 18.0 Å². The Morgan fingerprint density at radius 3 is 2.21 bits per heavy atom. The molecule has 1 aromatic rings. The molecular formula is C14H23N5. The largest absolute Gasteiger partial charge is 0.333 e. The molecule has 0 N–H and O–H groups in total. The lowest BCUT2D eigenvalue weighted by Crippen LogP contribution is -2.49. The molecule has 0 saturated carbocycles. The lowest BCUT2D eigenvalue weighted by molar-refractivity contribution is 0.0913. The Hall–Kier alpha value is -1.38. The Kier molecular flexibility index (Phi) is 4.23. The molecule has 1 atom stereocenters. The molecular weight excluding hydrogens is 238 g/mol. The first-order valence-corrected chi connectivity index (χ1v) is 6.90. The smallest absolute Gasteiger partial charge is 0.140 e. The van der Waals surface area contributed by atoms with E-state index < -0.39 is 0 Å². The van der Waals surface area contributed by atoms with Crippen LogP contribution in [0.4, 0.5) is 0 Å². The van der Waals surface area contributed by atoms with Crippen molar-refractivity contribution in [2.24, 2.45) is 7.05 Å². The van der Waals surface area contributed by atoms with Crippen molar-refractivity contribution < 1.29 is 0 Å². The van der Waals surface area contributed by atoms with Gasteiger partial charge in [0.1, 0.15) is 11.9 Å². The van der Waals surface area contributed by atoms with Crippen LogP contribution in [0.3, 0.4) is 0 Å². The van der Waals surface area contributed by atoms with Crippen LogP contribution < -0.4 is 0 Å². The van der Waals surface area contributed by atoms with Gasteiger partial charge in [0.15, 0.2) is 0 Å². The first-order valence-electron chi connectivity index (χ1n) is 6.90. The molecule has 1 aliphatic rings. The maximum absolute atomic E-state index is 9.49. The Labute approximate surface area is 115 Å². The molecule has 0 aliphatic carbocycles. The van der Waals surface area contributed by atoms with E-state index in [1.807, 2.05) is 24.7 Å². The van der Waals surface area contributed by atoms with E-state index in [4.69, 9.17) is 0 Å². The summed E-state index contributed by atoms with van der Waals surface area (Å²) >= 11 is 0. The second-order valence-corrected chi connectivity index (χ2v) is 5.49. The normalized spacial score (nSPS) is 19.6. The van der Waals surface area contributed by atoms with Gasteiger partial charge >= 0.3 is 0 Å². The second kappa shape index (κ2) is 5.72. The fourth-order valence-electron chi connectivity index (χ4n) is 2.62. The summed E-state index contributed by atoms with van der Waals surface area (Å²) in [6.45, 7) is 10.4. The molecule has 0 radical (unpaired) electrons. The molecule has 1 aliphatic heterocycles. The average molecular weight is 261 g/mol. The number of aryl methyl sites for hydroxylation is 1. The van der Waals surface area contributed by atoms with E-state index in [0.717, 1.165) is 37.7 Å². The highest BCUT2D eigenvalue weighted by molar-refractivity contribution is 5.17. The third kappa shape index (κ3) is 2.80. The zero-order valence-electron chi connectivity index (χ0n) is 12.3. The van der Waals surface area contributed by atoms with Gasteiger partial charge in [-0.15, -0.1) is 0 Å². The van der Waals surface area contributed by atoms with E-state index >= 15 is 0 Å². The number of rotatable bonds is 3. The summed E-state index contributed by atoms with van der Waals surface area (Å²) in [5.74, 6) is 0.955. The second-order valence-electron chi connectivity index (χ2n) is 5.49. The number of imidazole rings is 1. The Balaban J connectivity index is 2.09. The first kappa shape index (κ1) is 14.0. The molecule has 0 aromatic carbocycles. The van der Waals surface area contributed by atoms with E-state index in [9.17, 15) is 5.26 Å². The molecule has 1 fully saturated rings. The van der Waals surface area contributed by atoms with Crippen LogP contribution in [0.15, 0.2) is 6.20 Å². The SMILES string of the molecule is Cc1ncc(C(C#N)N2CCN(C(C)C)CC2)n1C. The first-order chi connectivity index (χ1) is 9.04. The molecule has 104 valence electrons. The molecule has 5 nitrogen and oxygen atoms in total. The number of hydrogen-bond donors (Lipinski definition) is 0. The Bertz CT molecular complexity index is 463. The van der Waals surface area contributed by atoms with Crippen molar-refractivity contribution in [3.05, 3.63) is 17.7 Å². The van der Waals surface area contributed by atoms with Gasteiger partial charge in [-0.1, -0.05) is 0 Å². The average Bonchev–Trinajstić information content (AvgIpc) is 2.73. The zero-order chi connectivity index (χ0) is 14.0. The molecule has 1 saturated heterocycles. The fraction of sp³-hybridized carbons (Fsp3) is 0.714. The highest BCUT2D eigenvalue weighted by Gasteiger charge is 2.27. The molecule has 0 spiro atoms. The van der Waals surface area contributed by atoms with Gasteiger partial charge in [-0.05, 0) is 20.8 Å². The zero-order valence-corrected chi connectivity index (χ0v) is 12.3. The van der Waals surface area contributed by atoms with Crippen LogP contribution in [-0.4, -0.2) is 51.6 Å². The van der Waals surface area contributed by atoms with Crippen molar-refractivity contribution in [3.63, 3.8) is 0 Å². The van der Waals surface area contributed by atoms with Crippen LogP contribution in [0.1, 0.15) is 31.4 Å². The molecule has 0 bridgehead atoms. The van der Waals surface area contributed by atoms with Crippen LogP contribution >= 0.6 is 0 Å². The van der Waals surface area contributed by atoms with Crippen molar-refractivity contribution in [2.75, 3.05) is 26.2 Å². The van der Waals surface area contributed by atoms with Gasteiger partial charge in [-0.3, -0.25) is 9.80 Å². The van der Waals surface area contributed by atoms with Crippen molar-refractivity contribution in [3.8, 4) is 6.07 Å². The number of nitrogens with zero attached hydrogens (tertiary/aromatic N) is 5. The maximum atomic E-state index is 9.49. The number of piperazine rings is 1. The minimum atomic E-state index is -0.180. The van der Waals surface area contributed by atoms with Gasteiger partial charge < -0.3 is 4.57 Å². The van der Waals surface area contributed by atoms with E-state index in [2.05, 4.69) is 34.7 Å². The summed E-state index contributed by atoms with van der Waals surface area (Å²) in [6.07, 6.45) is 1.83. The number of aromatic nitrogens is 2. The predicted molar refractivity (Wildman–Crippen MR) is 74.6 cm³/mol. The lowest BCUT2D eigenvalue weighted by atomic mass is 10.1. The van der Waals surface area contributed by atoms with Gasteiger partial charge in [-0.2, -0.15) is 5.26 Å². The summed E-state index contributed by atoms with van der Waals surface area (Å²) in [7, 11) is 1.98. The van der Waals surface area contributed by atoms with Crippen LogP contribution in [0, 0.1) is 18.3 Å². The summed E-state index contributed by atoms with van der Waals surface area (Å²) in [5, 5.41) is 9.49. The summed E-state index contributed by atoms with van der Waals surface area (Å²) < 4.78 is 2.02. The van der Waals surface area contributed by atoms with Crippen LogP contribution in [0.25, 0.3) is 0 Å². The minimum absolute atomic E-state index is 0.180. The van der Waals surface area contributed by atoms with Crippen LogP contribution in [-0.2, 0) is 7.05 Å². The standard InChI is InChI=1S/C14H23N5/c1-11(2)18-5-7-19(8-6-18)13(9-15)14-10-16-12(3)17(14)4/h10-11,13H,5-8H2,1-4H3.